The Labute approximate surface area is 136 Å². The van der Waals surface area contributed by atoms with E-state index in [-0.39, 0.29) is 19.4 Å². The molecule has 23 heavy (non-hydrogen) atoms. The summed E-state index contributed by atoms with van der Waals surface area (Å²) in [5.41, 5.74) is 2.02. The van der Waals surface area contributed by atoms with Gasteiger partial charge in [-0.25, -0.2) is 4.39 Å². The third-order valence-corrected chi connectivity index (χ3v) is 3.45. The van der Waals surface area contributed by atoms with E-state index in [2.05, 4.69) is 0 Å². The third kappa shape index (κ3) is 6.91. The Morgan fingerprint density at radius 1 is 0.826 bits per heavy atom. The van der Waals surface area contributed by atoms with Crippen LogP contribution in [0.3, 0.4) is 0 Å². The average molecular weight is 318 g/mol. The van der Waals surface area contributed by atoms with Crippen LogP contribution in [0.2, 0.25) is 0 Å². The molecule has 1 N–H and O–H groups in total. The maximum atomic E-state index is 13.8. The van der Waals surface area contributed by atoms with Gasteiger partial charge in [0.15, 0.2) is 6.29 Å². The third-order valence-electron chi connectivity index (χ3n) is 3.45. The molecule has 0 aliphatic rings. The number of aliphatic hydroxyl groups is 1. The van der Waals surface area contributed by atoms with Gasteiger partial charge >= 0.3 is 0 Å². The Morgan fingerprint density at radius 2 is 1.30 bits per heavy atom. The summed E-state index contributed by atoms with van der Waals surface area (Å²) in [6.45, 7) is 0.559. The molecule has 0 aliphatic carbocycles. The van der Waals surface area contributed by atoms with Crippen molar-refractivity contribution in [3.05, 3.63) is 71.8 Å². The van der Waals surface area contributed by atoms with Crippen molar-refractivity contribution in [3.8, 4) is 0 Å². The summed E-state index contributed by atoms with van der Waals surface area (Å²) in [5.74, 6) is 0. The van der Waals surface area contributed by atoms with E-state index in [0.29, 0.717) is 13.2 Å². The van der Waals surface area contributed by atoms with Gasteiger partial charge in [-0.15, -0.1) is 0 Å². The van der Waals surface area contributed by atoms with Crippen LogP contribution in [0.5, 0.6) is 0 Å². The van der Waals surface area contributed by atoms with E-state index in [1.165, 1.54) is 0 Å². The van der Waals surface area contributed by atoms with Gasteiger partial charge in [0, 0.05) is 19.4 Å². The summed E-state index contributed by atoms with van der Waals surface area (Å²) >= 11 is 0. The van der Waals surface area contributed by atoms with Crippen LogP contribution in [-0.2, 0) is 22.7 Å². The van der Waals surface area contributed by atoms with Gasteiger partial charge in [-0.05, 0) is 11.1 Å². The highest BCUT2D eigenvalue weighted by Gasteiger charge is 2.17. The van der Waals surface area contributed by atoms with Crippen LogP contribution in [0.4, 0.5) is 4.39 Å². The van der Waals surface area contributed by atoms with Crippen LogP contribution in [0.15, 0.2) is 60.7 Å². The SMILES string of the molecule is OCC[C@H](F)CC(OCc1ccccc1)OCc1ccccc1. The molecule has 0 spiro atoms. The largest absolute Gasteiger partial charge is 0.396 e. The number of hydrogen-bond acceptors (Lipinski definition) is 3. The second-order valence-corrected chi connectivity index (χ2v) is 5.37. The maximum absolute atomic E-state index is 13.8. The second-order valence-electron chi connectivity index (χ2n) is 5.37. The number of aliphatic hydroxyl groups excluding tert-OH is 1. The number of hydrogen-bond donors (Lipinski definition) is 1. The number of benzene rings is 2. The van der Waals surface area contributed by atoms with Gasteiger partial charge in [-0.3, -0.25) is 0 Å². The Bertz CT molecular complexity index is 489. The van der Waals surface area contributed by atoms with Gasteiger partial charge in [0.1, 0.15) is 6.17 Å². The summed E-state index contributed by atoms with van der Waals surface area (Å²) in [6.07, 6.45) is -1.58. The molecule has 0 heterocycles. The molecule has 0 aliphatic heterocycles. The molecule has 0 radical (unpaired) electrons. The fourth-order valence-electron chi connectivity index (χ4n) is 2.18. The monoisotopic (exact) mass is 318 g/mol. The van der Waals surface area contributed by atoms with Gasteiger partial charge in [0.2, 0.25) is 0 Å². The summed E-state index contributed by atoms with van der Waals surface area (Å²) < 4.78 is 25.2. The van der Waals surface area contributed by atoms with E-state index in [1.54, 1.807) is 0 Å². The molecule has 0 aromatic heterocycles. The molecule has 2 aromatic rings. The van der Waals surface area contributed by atoms with E-state index in [4.69, 9.17) is 14.6 Å². The normalized spacial score (nSPS) is 12.5. The number of halogens is 1. The first-order chi connectivity index (χ1) is 11.3. The van der Waals surface area contributed by atoms with Crippen molar-refractivity contribution in [1.29, 1.82) is 0 Å². The Morgan fingerprint density at radius 3 is 1.74 bits per heavy atom. The molecule has 0 saturated carbocycles. The summed E-state index contributed by atoms with van der Waals surface area (Å²) in [4.78, 5) is 0. The average Bonchev–Trinajstić information content (AvgIpc) is 2.59. The van der Waals surface area contributed by atoms with Crippen molar-refractivity contribution in [2.24, 2.45) is 0 Å². The van der Waals surface area contributed by atoms with E-state index in [1.807, 2.05) is 60.7 Å². The van der Waals surface area contributed by atoms with Crippen molar-refractivity contribution in [2.75, 3.05) is 6.61 Å². The summed E-state index contributed by atoms with van der Waals surface area (Å²) in [6, 6.07) is 19.4. The molecular weight excluding hydrogens is 295 g/mol. The molecule has 0 saturated heterocycles. The van der Waals surface area contributed by atoms with Crippen LogP contribution in [0.25, 0.3) is 0 Å². The van der Waals surface area contributed by atoms with Crippen LogP contribution >= 0.6 is 0 Å². The van der Waals surface area contributed by atoms with Gasteiger partial charge in [-0.1, -0.05) is 60.7 Å². The summed E-state index contributed by atoms with van der Waals surface area (Å²) in [5, 5.41) is 8.84. The molecule has 0 amide bonds. The van der Waals surface area contributed by atoms with Crippen LogP contribution in [-0.4, -0.2) is 24.2 Å². The molecule has 2 aromatic carbocycles. The van der Waals surface area contributed by atoms with Gasteiger partial charge in [0.05, 0.1) is 13.2 Å². The molecule has 0 fully saturated rings. The van der Waals surface area contributed by atoms with E-state index in [9.17, 15) is 4.39 Å². The Hall–Kier alpha value is -1.75. The smallest absolute Gasteiger partial charge is 0.161 e. The van der Waals surface area contributed by atoms with Crippen molar-refractivity contribution in [3.63, 3.8) is 0 Å². The number of alkyl halides is 1. The summed E-state index contributed by atoms with van der Waals surface area (Å²) in [7, 11) is 0. The minimum Gasteiger partial charge on any atom is -0.396 e. The lowest BCUT2D eigenvalue weighted by Crippen LogP contribution is -2.22. The van der Waals surface area contributed by atoms with Crippen LogP contribution in [0.1, 0.15) is 24.0 Å². The van der Waals surface area contributed by atoms with Gasteiger partial charge in [-0.2, -0.15) is 0 Å². The number of rotatable bonds is 10. The van der Waals surface area contributed by atoms with Crippen molar-refractivity contribution in [1.82, 2.24) is 0 Å². The zero-order valence-corrected chi connectivity index (χ0v) is 13.1. The van der Waals surface area contributed by atoms with E-state index in [0.717, 1.165) is 11.1 Å². The van der Waals surface area contributed by atoms with Crippen molar-refractivity contribution in [2.45, 2.75) is 38.5 Å². The first kappa shape index (κ1) is 17.6. The van der Waals surface area contributed by atoms with E-state index < -0.39 is 12.5 Å². The Kier molecular flexibility index (Phi) is 7.73. The fraction of sp³-hybridized carbons (Fsp3) is 0.368. The topological polar surface area (TPSA) is 38.7 Å². The van der Waals surface area contributed by atoms with Gasteiger partial charge < -0.3 is 14.6 Å². The highest BCUT2D eigenvalue weighted by molar-refractivity contribution is 5.14. The van der Waals surface area contributed by atoms with Crippen molar-refractivity contribution < 1.29 is 19.0 Å². The Balaban J connectivity index is 1.88. The molecule has 124 valence electrons. The second kappa shape index (κ2) is 10.1. The minimum absolute atomic E-state index is 0.0971. The molecule has 3 nitrogen and oxygen atoms in total. The molecule has 0 unspecified atom stereocenters. The molecule has 1 atom stereocenters. The lowest BCUT2D eigenvalue weighted by molar-refractivity contribution is -0.167. The standard InChI is InChI=1S/C19H23FO3/c20-18(11-12-21)13-19(22-14-16-7-3-1-4-8-16)23-15-17-9-5-2-6-10-17/h1-10,18-19,21H,11-15H2/t18-/m0/s1. The van der Waals surface area contributed by atoms with E-state index >= 15 is 0 Å². The van der Waals surface area contributed by atoms with Crippen molar-refractivity contribution >= 4 is 0 Å². The maximum Gasteiger partial charge on any atom is 0.161 e. The molecule has 2 rings (SSSR count). The number of ether oxygens (including phenoxy) is 2. The molecular formula is C19H23FO3. The van der Waals surface area contributed by atoms with Crippen LogP contribution in [0, 0.1) is 0 Å². The quantitative estimate of drug-likeness (QED) is 0.676. The highest BCUT2D eigenvalue weighted by atomic mass is 19.1. The first-order valence-electron chi connectivity index (χ1n) is 7.84. The fourth-order valence-corrected chi connectivity index (χ4v) is 2.18. The molecule has 0 bridgehead atoms. The van der Waals surface area contributed by atoms with Crippen LogP contribution < -0.4 is 0 Å². The molecule has 4 heteroatoms. The zero-order chi connectivity index (χ0) is 16.3. The first-order valence-corrected chi connectivity index (χ1v) is 7.84. The zero-order valence-electron chi connectivity index (χ0n) is 13.1. The lowest BCUT2D eigenvalue weighted by Gasteiger charge is -2.20. The van der Waals surface area contributed by atoms with Gasteiger partial charge in [0.25, 0.3) is 0 Å². The highest BCUT2D eigenvalue weighted by Crippen LogP contribution is 2.15. The lowest BCUT2D eigenvalue weighted by atomic mass is 10.2. The predicted octanol–water partition coefficient (Wildman–Crippen LogP) is 3.86. The predicted molar refractivity (Wildman–Crippen MR) is 87.5 cm³/mol. The minimum atomic E-state index is -1.14.